The lowest BCUT2D eigenvalue weighted by Gasteiger charge is -2.09. The molecular formula is C16H11Cl2N3O3S. The molecule has 0 aliphatic rings. The van der Waals surface area contributed by atoms with E-state index in [0.717, 1.165) is 5.56 Å². The fourth-order valence-electron chi connectivity index (χ4n) is 1.78. The van der Waals surface area contributed by atoms with Gasteiger partial charge in [0.05, 0.1) is 15.6 Å². The zero-order chi connectivity index (χ0) is 18.4. The highest BCUT2D eigenvalue weighted by molar-refractivity contribution is 7.80. The van der Waals surface area contributed by atoms with E-state index in [2.05, 4.69) is 10.6 Å². The molecule has 0 fully saturated rings. The maximum Gasteiger partial charge on any atom is 0.271 e. The average Bonchev–Trinajstić information content (AvgIpc) is 2.56. The number of anilines is 1. The number of non-ortho nitro benzene ring substituents is 1. The van der Waals surface area contributed by atoms with Crippen LogP contribution in [-0.2, 0) is 4.79 Å². The number of halogens is 2. The summed E-state index contributed by atoms with van der Waals surface area (Å²) in [5.74, 6) is -0.464. The van der Waals surface area contributed by atoms with Crippen molar-refractivity contribution in [1.82, 2.24) is 5.32 Å². The first-order valence-corrected chi connectivity index (χ1v) is 8.01. The zero-order valence-electron chi connectivity index (χ0n) is 12.5. The van der Waals surface area contributed by atoms with E-state index in [4.69, 9.17) is 35.4 Å². The maximum atomic E-state index is 11.9. The fourth-order valence-corrected chi connectivity index (χ4v) is 2.28. The summed E-state index contributed by atoms with van der Waals surface area (Å²) >= 11 is 16.7. The van der Waals surface area contributed by atoms with Gasteiger partial charge in [-0.25, -0.2) is 0 Å². The molecule has 25 heavy (non-hydrogen) atoms. The summed E-state index contributed by atoms with van der Waals surface area (Å²) in [6, 6.07) is 10.8. The number of hydrogen-bond donors (Lipinski definition) is 2. The number of nitro groups is 1. The van der Waals surface area contributed by atoms with Gasteiger partial charge in [0.25, 0.3) is 5.69 Å². The molecule has 0 saturated carbocycles. The lowest BCUT2D eigenvalue weighted by molar-refractivity contribution is -0.384. The van der Waals surface area contributed by atoms with Crippen LogP contribution in [0.25, 0.3) is 6.08 Å². The molecule has 0 spiro atoms. The van der Waals surface area contributed by atoms with E-state index in [0.29, 0.717) is 5.02 Å². The minimum absolute atomic E-state index is 0.0341. The molecule has 2 rings (SSSR count). The van der Waals surface area contributed by atoms with Crippen LogP contribution >= 0.6 is 35.4 Å². The molecule has 0 radical (unpaired) electrons. The molecule has 9 heteroatoms. The summed E-state index contributed by atoms with van der Waals surface area (Å²) in [6.45, 7) is 0. The first kappa shape index (κ1) is 18.9. The van der Waals surface area contributed by atoms with Crippen molar-refractivity contribution in [2.45, 2.75) is 0 Å². The summed E-state index contributed by atoms with van der Waals surface area (Å²) in [7, 11) is 0. The number of nitrogens with zero attached hydrogens (tertiary/aromatic N) is 1. The largest absolute Gasteiger partial charge is 0.331 e. The van der Waals surface area contributed by atoms with Crippen molar-refractivity contribution < 1.29 is 9.72 Å². The molecule has 0 aliphatic heterocycles. The van der Waals surface area contributed by atoms with Gasteiger partial charge in [-0.3, -0.25) is 20.2 Å². The third-order valence-corrected chi connectivity index (χ3v) is 3.73. The van der Waals surface area contributed by atoms with Gasteiger partial charge in [-0.15, -0.1) is 0 Å². The Morgan fingerprint density at radius 3 is 2.48 bits per heavy atom. The van der Waals surface area contributed by atoms with Crippen LogP contribution in [0.15, 0.2) is 48.5 Å². The van der Waals surface area contributed by atoms with Crippen LogP contribution in [0.5, 0.6) is 0 Å². The molecule has 2 aromatic rings. The van der Waals surface area contributed by atoms with Gasteiger partial charge in [-0.05, 0) is 42.1 Å². The van der Waals surface area contributed by atoms with Crippen LogP contribution in [0.4, 0.5) is 11.4 Å². The van der Waals surface area contributed by atoms with Gasteiger partial charge in [-0.2, -0.15) is 0 Å². The number of nitro benzene ring substituents is 1. The second-order valence-corrected chi connectivity index (χ2v) is 6.00. The van der Waals surface area contributed by atoms with Crippen LogP contribution in [-0.4, -0.2) is 15.9 Å². The van der Waals surface area contributed by atoms with Crippen molar-refractivity contribution in [2.75, 3.05) is 5.32 Å². The second-order valence-electron chi connectivity index (χ2n) is 4.75. The standard InChI is InChI=1S/C16H11Cl2N3O3S/c17-11-4-1-10(2-5-11)3-8-15(22)20-16(25)19-14-9-12(21(23)24)6-7-13(14)18/h1-9H,(H2,19,20,22,25). The Bertz CT molecular complexity index is 854. The second kappa shape index (κ2) is 8.57. The normalized spacial score (nSPS) is 10.5. The molecule has 0 bridgehead atoms. The van der Waals surface area contributed by atoms with Crippen LogP contribution in [0, 0.1) is 10.1 Å². The van der Waals surface area contributed by atoms with E-state index in [-0.39, 0.29) is 21.5 Å². The number of carbonyl (C=O) groups excluding carboxylic acids is 1. The molecule has 1 amide bonds. The summed E-state index contributed by atoms with van der Waals surface area (Å²) < 4.78 is 0. The van der Waals surface area contributed by atoms with Crippen molar-refractivity contribution in [1.29, 1.82) is 0 Å². The zero-order valence-corrected chi connectivity index (χ0v) is 14.9. The van der Waals surface area contributed by atoms with Crippen molar-refractivity contribution in [3.8, 4) is 0 Å². The molecule has 0 aromatic heterocycles. The van der Waals surface area contributed by atoms with E-state index < -0.39 is 10.8 Å². The molecule has 0 saturated heterocycles. The molecule has 0 heterocycles. The summed E-state index contributed by atoms with van der Waals surface area (Å²) in [4.78, 5) is 22.1. The number of nitrogens with one attached hydrogen (secondary N) is 2. The van der Waals surface area contributed by atoms with Crippen LogP contribution in [0.1, 0.15) is 5.56 Å². The van der Waals surface area contributed by atoms with E-state index in [1.165, 1.54) is 24.3 Å². The Morgan fingerprint density at radius 1 is 1.16 bits per heavy atom. The lowest BCUT2D eigenvalue weighted by Crippen LogP contribution is -2.32. The quantitative estimate of drug-likeness (QED) is 0.346. The van der Waals surface area contributed by atoms with Crippen molar-refractivity contribution in [3.05, 3.63) is 74.3 Å². The van der Waals surface area contributed by atoms with Crippen LogP contribution < -0.4 is 10.6 Å². The predicted octanol–water partition coefficient (Wildman–Crippen LogP) is 4.43. The van der Waals surface area contributed by atoms with E-state index in [1.807, 2.05) is 0 Å². The fraction of sp³-hybridized carbons (Fsp3) is 0. The molecule has 0 unspecified atom stereocenters. The van der Waals surface area contributed by atoms with Gasteiger partial charge < -0.3 is 5.32 Å². The highest BCUT2D eigenvalue weighted by Gasteiger charge is 2.11. The number of amides is 1. The highest BCUT2D eigenvalue weighted by atomic mass is 35.5. The third-order valence-electron chi connectivity index (χ3n) is 2.94. The number of rotatable bonds is 4. The van der Waals surface area contributed by atoms with Gasteiger partial charge in [0.1, 0.15) is 0 Å². The molecular weight excluding hydrogens is 385 g/mol. The molecule has 0 atom stereocenters. The SMILES string of the molecule is O=C(C=Cc1ccc(Cl)cc1)NC(=S)Nc1cc([N+](=O)[O-])ccc1Cl. The third kappa shape index (κ3) is 5.82. The number of benzene rings is 2. The van der Waals surface area contributed by atoms with Crippen molar-refractivity contribution in [2.24, 2.45) is 0 Å². The first-order valence-electron chi connectivity index (χ1n) is 6.85. The minimum Gasteiger partial charge on any atom is -0.331 e. The van der Waals surface area contributed by atoms with Gasteiger partial charge >= 0.3 is 0 Å². The van der Waals surface area contributed by atoms with Gasteiger partial charge in [-0.1, -0.05) is 35.3 Å². The first-order chi connectivity index (χ1) is 11.8. The Kier molecular flexibility index (Phi) is 6.46. The number of carbonyl (C=O) groups is 1. The number of thiocarbonyl (C=S) groups is 1. The van der Waals surface area contributed by atoms with Crippen LogP contribution in [0.2, 0.25) is 10.0 Å². The Balaban J connectivity index is 1.97. The number of hydrogen-bond acceptors (Lipinski definition) is 4. The van der Waals surface area contributed by atoms with Gasteiger partial charge in [0, 0.05) is 23.2 Å². The molecule has 6 nitrogen and oxygen atoms in total. The molecule has 0 aliphatic carbocycles. The van der Waals surface area contributed by atoms with Crippen molar-refractivity contribution >= 4 is 63.9 Å². The predicted molar refractivity (Wildman–Crippen MR) is 103 cm³/mol. The molecule has 2 N–H and O–H groups in total. The van der Waals surface area contributed by atoms with E-state index in [1.54, 1.807) is 30.3 Å². The summed E-state index contributed by atoms with van der Waals surface area (Å²) in [5.41, 5.74) is 0.867. The van der Waals surface area contributed by atoms with Crippen LogP contribution in [0.3, 0.4) is 0 Å². The highest BCUT2D eigenvalue weighted by Crippen LogP contribution is 2.26. The monoisotopic (exact) mass is 395 g/mol. The van der Waals surface area contributed by atoms with Gasteiger partial charge in [0.15, 0.2) is 5.11 Å². The molecule has 128 valence electrons. The Morgan fingerprint density at radius 2 is 1.84 bits per heavy atom. The minimum atomic E-state index is -0.558. The van der Waals surface area contributed by atoms with Crippen molar-refractivity contribution in [3.63, 3.8) is 0 Å². The maximum absolute atomic E-state index is 11.9. The summed E-state index contributed by atoms with van der Waals surface area (Å²) in [6.07, 6.45) is 2.89. The van der Waals surface area contributed by atoms with E-state index >= 15 is 0 Å². The summed E-state index contributed by atoms with van der Waals surface area (Å²) in [5, 5.41) is 16.7. The van der Waals surface area contributed by atoms with E-state index in [9.17, 15) is 14.9 Å². The lowest BCUT2D eigenvalue weighted by atomic mass is 10.2. The Labute approximate surface area is 158 Å². The topological polar surface area (TPSA) is 84.3 Å². The smallest absolute Gasteiger partial charge is 0.271 e. The van der Waals surface area contributed by atoms with Gasteiger partial charge in [0.2, 0.25) is 5.91 Å². The molecule has 2 aromatic carbocycles. The average molecular weight is 396 g/mol. The Hall–Kier alpha value is -2.48.